The third-order valence-electron chi connectivity index (χ3n) is 11.2. The summed E-state index contributed by atoms with van der Waals surface area (Å²) in [6, 6.07) is 10.5. The minimum atomic E-state index is -4.78. The molecule has 2 aromatic heterocycles. The number of aromatic nitrogens is 4. The van der Waals surface area contributed by atoms with E-state index < -0.39 is 42.0 Å². The maximum Gasteiger partial charge on any atom is 0.435 e. The lowest BCUT2D eigenvalue weighted by Gasteiger charge is -2.27. The lowest BCUT2D eigenvalue weighted by Crippen LogP contribution is -2.37. The van der Waals surface area contributed by atoms with Gasteiger partial charge in [-0.05, 0) is 91.9 Å². The molecule has 3 aromatic carbocycles. The molecule has 364 valence electrons. The second-order valence-corrected chi connectivity index (χ2v) is 15.9. The summed E-state index contributed by atoms with van der Waals surface area (Å²) in [5.74, 6) is -1.81. The zero-order valence-corrected chi connectivity index (χ0v) is 38.3. The molecular formula is C49H50F4N6O10. The Morgan fingerprint density at radius 3 is 2.42 bits per heavy atom. The van der Waals surface area contributed by atoms with E-state index in [2.05, 4.69) is 15.4 Å². The van der Waals surface area contributed by atoms with E-state index >= 15 is 0 Å². The number of imidazole rings is 1. The van der Waals surface area contributed by atoms with Crippen molar-refractivity contribution in [3.05, 3.63) is 119 Å². The standard InChI is InChI=1S/C49H50F4N6O10/c1-5-58-27-37(48(56-58)49(51,52)53)35-21-33(26-57-16-13-54-30(57)2)22-36-45(63)34(28-69-46(35)36)20-31-9-11-38(50)39(23-31)68-29-42(60)55-14-17-66-18-19-67-47-40(64-3)24-32(25-41(47)65-4)10-12-44(62)59-15-7-6-8-43(59)61/h6,8-13,16,21-25,27,34H,5,7,14-15,17-20,26,28-29H2,1-4H3,(H,55,60)/b12-10+/t34-/m0/s1. The average Bonchev–Trinajstić information content (AvgIpc) is 3.97. The molecule has 0 radical (unpaired) electrons. The second-order valence-electron chi connectivity index (χ2n) is 15.9. The summed E-state index contributed by atoms with van der Waals surface area (Å²) in [6.07, 6.45) is 6.45. The van der Waals surface area contributed by atoms with Gasteiger partial charge in [-0.2, -0.15) is 18.3 Å². The number of imide groups is 1. The molecule has 3 amide bonds. The van der Waals surface area contributed by atoms with Crippen molar-refractivity contribution in [2.75, 3.05) is 60.3 Å². The quantitative estimate of drug-likeness (QED) is 0.0501. The fraction of sp³-hybridized carbons (Fsp3) is 0.347. The summed E-state index contributed by atoms with van der Waals surface area (Å²) in [6.45, 7) is 3.91. The van der Waals surface area contributed by atoms with E-state index in [0.717, 1.165) is 11.0 Å². The number of amides is 3. The van der Waals surface area contributed by atoms with Crippen LogP contribution in [0.15, 0.2) is 79.3 Å². The number of hydrogen-bond donors (Lipinski definition) is 1. The summed E-state index contributed by atoms with van der Waals surface area (Å²) in [4.78, 5) is 56.8. The van der Waals surface area contributed by atoms with Gasteiger partial charge in [-0.15, -0.1) is 0 Å². The highest BCUT2D eigenvalue weighted by molar-refractivity contribution is 6.07. The number of aryl methyl sites for hydroxylation is 2. The Morgan fingerprint density at radius 1 is 0.957 bits per heavy atom. The summed E-state index contributed by atoms with van der Waals surface area (Å²) < 4.78 is 94.9. The van der Waals surface area contributed by atoms with Gasteiger partial charge in [0.2, 0.25) is 5.75 Å². The van der Waals surface area contributed by atoms with E-state index in [0.29, 0.717) is 52.7 Å². The zero-order valence-electron chi connectivity index (χ0n) is 38.3. The van der Waals surface area contributed by atoms with Crippen LogP contribution in [0.25, 0.3) is 17.2 Å². The van der Waals surface area contributed by atoms with E-state index in [9.17, 15) is 36.7 Å². The van der Waals surface area contributed by atoms with Gasteiger partial charge in [0, 0.05) is 62.0 Å². The largest absolute Gasteiger partial charge is 0.493 e. The minimum absolute atomic E-state index is 0.0209. The molecule has 1 atom stereocenters. The molecule has 0 unspecified atom stereocenters. The molecule has 0 spiro atoms. The number of nitrogens with zero attached hydrogens (tertiary/aromatic N) is 5. The van der Waals surface area contributed by atoms with Crippen LogP contribution in [0, 0.1) is 18.7 Å². The van der Waals surface area contributed by atoms with Gasteiger partial charge >= 0.3 is 6.18 Å². The SMILES string of the molecule is CCn1cc(-c2cc(Cn3ccnc3C)cc3c2OC[C@H](Cc2ccc(F)c(OCC(=O)NCCOCCOc4c(OC)cc(/C=C/C(=O)N5CCC=CC5=O)cc4OC)c2)C3=O)c(C(F)(F)F)n1. The van der Waals surface area contributed by atoms with Crippen molar-refractivity contribution in [3.8, 4) is 39.9 Å². The van der Waals surface area contributed by atoms with E-state index in [-0.39, 0.29) is 92.4 Å². The minimum Gasteiger partial charge on any atom is -0.493 e. The normalized spacial score (nSPS) is 14.7. The highest BCUT2D eigenvalue weighted by atomic mass is 19.4. The second kappa shape index (κ2) is 22.1. The van der Waals surface area contributed by atoms with Gasteiger partial charge in [0.25, 0.3) is 17.7 Å². The predicted octanol–water partition coefficient (Wildman–Crippen LogP) is 6.65. The number of hydrogen-bond acceptors (Lipinski definition) is 12. The van der Waals surface area contributed by atoms with Crippen molar-refractivity contribution >= 4 is 29.6 Å². The molecule has 16 nitrogen and oxygen atoms in total. The smallest absolute Gasteiger partial charge is 0.435 e. The lowest BCUT2D eigenvalue weighted by atomic mass is 9.86. The first-order valence-electron chi connectivity index (χ1n) is 22.0. The van der Waals surface area contributed by atoms with Crippen LogP contribution in [-0.4, -0.2) is 108 Å². The Kier molecular flexibility index (Phi) is 15.8. The zero-order chi connectivity index (χ0) is 49.2. The van der Waals surface area contributed by atoms with Gasteiger partial charge in [-0.1, -0.05) is 12.1 Å². The Hall–Kier alpha value is -7.48. The monoisotopic (exact) mass is 958 g/mol. The number of halogens is 4. The summed E-state index contributed by atoms with van der Waals surface area (Å²) in [5, 5.41) is 6.41. The maximum atomic E-state index is 14.9. The first kappa shape index (κ1) is 49.4. The summed E-state index contributed by atoms with van der Waals surface area (Å²) in [7, 11) is 2.90. The van der Waals surface area contributed by atoms with Crippen LogP contribution < -0.4 is 29.0 Å². The first-order chi connectivity index (χ1) is 33.2. The number of carbonyl (C=O) groups is 4. The van der Waals surface area contributed by atoms with Crippen LogP contribution in [0.4, 0.5) is 17.6 Å². The molecule has 2 aliphatic heterocycles. The number of methoxy groups -OCH3 is 2. The van der Waals surface area contributed by atoms with Crippen molar-refractivity contribution < 1.29 is 65.2 Å². The first-order valence-corrected chi connectivity index (χ1v) is 22.0. The van der Waals surface area contributed by atoms with E-state index in [4.69, 9.17) is 28.4 Å². The number of Topliss-reactive ketones (excluding diaryl/α,β-unsaturated/α-hetero) is 1. The number of fused-ring (bicyclic) bond motifs is 1. The molecule has 0 aliphatic carbocycles. The van der Waals surface area contributed by atoms with Gasteiger partial charge in [0.05, 0.1) is 45.5 Å². The van der Waals surface area contributed by atoms with Crippen molar-refractivity contribution in [2.24, 2.45) is 5.92 Å². The third kappa shape index (κ3) is 12.0. The van der Waals surface area contributed by atoms with E-state index in [1.54, 1.807) is 67.2 Å². The number of rotatable bonds is 20. The molecule has 4 heterocycles. The number of benzene rings is 3. The summed E-state index contributed by atoms with van der Waals surface area (Å²) >= 11 is 0. The topological polar surface area (TPSA) is 175 Å². The molecule has 2 aliphatic rings. The van der Waals surface area contributed by atoms with Gasteiger partial charge in [0.15, 0.2) is 41.1 Å². The van der Waals surface area contributed by atoms with Crippen LogP contribution in [0.2, 0.25) is 0 Å². The van der Waals surface area contributed by atoms with Gasteiger partial charge in [0.1, 0.15) is 18.2 Å². The molecular weight excluding hydrogens is 909 g/mol. The number of ether oxygens (including phenoxy) is 6. The van der Waals surface area contributed by atoms with Crippen molar-refractivity contribution in [1.29, 1.82) is 0 Å². The third-order valence-corrected chi connectivity index (χ3v) is 11.2. The van der Waals surface area contributed by atoms with Gasteiger partial charge in [-0.3, -0.25) is 28.8 Å². The Bertz CT molecular complexity index is 2740. The van der Waals surface area contributed by atoms with E-state index in [1.165, 1.54) is 49.4 Å². The molecule has 69 heavy (non-hydrogen) atoms. The van der Waals surface area contributed by atoms with Crippen LogP contribution in [0.1, 0.15) is 51.9 Å². The lowest BCUT2D eigenvalue weighted by molar-refractivity contribution is -0.141. The number of ketones is 1. The molecule has 5 aromatic rings. The van der Waals surface area contributed by atoms with Gasteiger partial charge in [-0.25, -0.2) is 9.37 Å². The molecule has 0 fully saturated rings. The number of nitrogens with one attached hydrogen (secondary N) is 1. The Labute approximate surface area is 394 Å². The molecule has 0 saturated heterocycles. The van der Waals surface area contributed by atoms with Gasteiger partial charge < -0.3 is 38.3 Å². The van der Waals surface area contributed by atoms with Crippen LogP contribution in [-0.2, 0) is 44.8 Å². The van der Waals surface area contributed by atoms with Crippen LogP contribution in [0.5, 0.6) is 28.7 Å². The van der Waals surface area contributed by atoms with Crippen LogP contribution >= 0.6 is 0 Å². The molecule has 0 saturated carbocycles. The molecule has 7 rings (SSSR count). The fourth-order valence-corrected chi connectivity index (χ4v) is 7.74. The highest BCUT2D eigenvalue weighted by Gasteiger charge is 2.40. The number of alkyl halides is 3. The van der Waals surface area contributed by atoms with Crippen molar-refractivity contribution in [2.45, 2.75) is 46.0 Å². The molecule has 1 N–H and O–H groups in total. The fourth-order valence-electron chi connectivity index (χ4n) is 7.74. The van der Waals surface area contributed by atoms with E-state index in [1.807, 2.05) is 0 Å². The van der Waals surface area contributed by atoms with Crippen molar-refractivity contribution in [3.63, 3.8) is 0 Å². The molecule has 20 heteroatoms. The Balaban J connectivity index is 0.907. The predicted molar refractivity (Wildman–Crippen MR) is 242 cm³/mol. The summed E-state index contributed by atoms with van der Waals surface area (Å²) in [5.41, 5.74) is 0.508. The highest BCUT2D eigenvalue weighted by Crippen LogP contribution is 2.44. The average molecular weight is 959 g/mol. The van der Waals surface area contributed by atoms with Crippen molar-refractivity contribution in [1.82, 2.24) is 29.5 Å². The molecule has 0 bridgehead atoms. The van der Waals surface area contributed by atoms with Crippen LogP contribution in [0.3, 0.4) is 0 Å². The Morgan fingerprint density at radius 2 is 1.72 bits per heavy atom. The maximum absolute atomic E-state index is 14.9. The number of carbonyl (C=O) groups excluding carboxylic acids is 4.